The van der Waals surface area contributed by atoms with Crippen molar-refractivity contribution < 1.29 is 5.11 Å². The minimum absolute atomic E-state index is 0.0331. The zero-order valence-corrected chi connectivity index (χ0v) is 10.7. The summed E-state index contributed by atoms with van der Waals surface area (Å²) in [5.74, 6) is 0. The molecule has 1 rings (SSSR count). The van der Waals surface area contributed by atoms with Gasteiger partial charge in [-0.1, -0.05) is 0 Å². The van der Waals surface area contributed by atoms with Gasteiger partial charge in [-0.05, 0) is 34.1 Å². The van der Waals surface area contributed by atoms with Gasteiger partial charge in [0.25, 0.3) is 0 Å². The first-order valence-electron chi connectivity index (χ1n) is 5.83. The minimum Gasteiger partial charge on any atom is -0.396 e. The van der Waals surface area contributed by atoms with E-state index in [0.29, 0.717) is 6.04 Å². The number of aliphatic hydroxyl groups excluding tert-OH is 1. The largest absolute Gasteiger partial charge is 0.396 e. The highest BCUT2D eigenvalue weighted by Gasteiger charge is 2.16. The predicted molar refractivity (Wildman–Crippen MR) is 65.2 cm³/mol. The number of nitrogens with one attached hydrogen (secondary N) is 1. The molecule has 0 atom stereocenters. The quantitative estimate of drug-likeness (QED) is 0.775. The fourth-order valence-corrected chi connectivity index (χ4v) is 1.46. The summed E-state index contributed by atoms with van der Waals surface area (Å²) < 4.78 is 1.95. The van der Waals surface area contributed by atoms with Gasteiger partial charge in [-0.2, -0.15) is 5.10 Å². The van der Waals surface area contributed by atoms with Gasteiger partial charge in [0.15, 0.2) is 0 Å². The summed E-state index contributed by atoms with van der Waals surface area (Å²) in [6.07, 6.45) is 4.71. The van der Waals surface area contributed by atoms with Crippen molar-refractivity contribution in [2.75, 3.05) is 6.61 Å². The molecule has 1 heterocycles. The van der Waals surface area contributed by atoms with Crippen molar-refractivity contribution in [3.05, 3.63) is 18.0 Å². The molecule has 1 aromatic rings. The second kappa shape index (κ2) is 5.46. The third kappa shape index (κ3) is 3.94. The molecule has 0 radical (unpaired) electrons. The molecule has 0 aromatic carbocycles. The molecule has 0 unspecified atom stereocenters. The van der Waals surface area contributed by atoms with Crippen molar-refractivity contribution in [2.45, 2.75) is 52.2 Å². The molecule has 1 aromatic heterocycles. The first kappa shape index (κ1) is 13.2. The van der Waals surface area contributed by atoms with Gasteiger partial charge in [-0.15, -0.1) is 0 Å². The Morgan fingerprint density at radius 3 is 2.69 bits per heavy atom. The lowest BCUT2D eigenvalue weighted by Crippen LogP contribution is -2.39. The summed E-state index contributed by atoms with van der Waals surface area (Å²) in [6.45, 7) is 9.41. The number of rotatable bonds is 6. The van der Waals surface area contributed by atoms with Crippen LogP contribution in [0.2, 0.25) is 0 Å². The van der Waals surface area contributed by atoms with Crippen molar-refractivity contribution in [2.24, 2.45) is 0 Å². The topological polar surface area (TPSA) is 50.1 Å². The summed E-state index contributed by atoms with van der Waals surface area (Å²) in [5.41, 5.74) is 1.15. The third-order valence-electron chi connectivity index (χ3n) is 2.69. The highest BCUT2D eigenvalue weighted by molar-refractivity contribution is 5.04. The lowest BCUT2D eigenvalue weighted by atomic mass is 10.0. The average molecular weight is 225 g/mol. The normalized spacial score (nSPS) is 12.4. The van der Waals surface area contributed by atoms with E-state index in [1.165, 1.54) is 5.56 Å². The van der Waals surface area contributed by atoms with Gasteiger partial charge >= 0.3 is 0 Å². The standard InChI is InChI=1S/C12H23N3O/c1-10(2)15-9-11(8-14-15)7-13-12(3,4)5-6-16/h8-10,13,16H,5-7H2,1-4H3. The van der Waals surface area contributed by atoms with E-state index in [9.17, 15) is 0 Å². The van der Waals surface area contributed by atoms with Gasteiger partial charge in [-0.25, -0.2) is 0 Å². The molecule has 0 aliphatic rings. The van der Waals surface area contributed by atoms with Gasteiger partial charge in [0.1, 0.15) is 0 Å². The summed E-state index contributed by atoms with van der Waals surface area (Å²) in [4.78, 5) is 0. The van der Waals surface area contributed by atoms with E-state index in [2.05, 4.69) is 44.3 Å². The van der Waals surface area contributed by atoms with Crippen LogP contribution in [-0.2, 0) is 6.54 Å². The van der Waals surface area contributed by atoms with Crippen LogP contribution in [0.4, 0.5) is 0 Å². The molecule has 2 N–H and O–H groups in total. The lowest BCUT2D eigenvalue weighted by molar-refractivity contribution is 0.230. The zero-order valence-electron chi connectivity index (χ0n) is 10.7. The fourth-order valence-electron chi connectivity index (χ4n) is 1.46. The monoisotopic (exact) mass is 225 g/mol. The van der Waals surface area contributed by atoms with Crippen molar-refractivity contribution in [3.8, 4) is 0 Å². The summed E-state index contributed by atoms with van der Waals surface area (Å²) in [7, 11) is 0. The van der Waals surface area contributed by atoms with Crippen molar-refractivity contribution >= 4 is 0 Å². The average Bonchev–Trinajstić information content (AvgIpc) is 2.63. The molecule has 0 saturated heterocycles. The molecule has 92 valence electrons. The van der Waals surface area contributed by atoms with Crippen LogP contribution in [0.5, 0.6) is 0 Å². The molecule has 0 fully saturated rings. The van der Waals surface area contributed by atoms with E-state index in [1.807, 2.05) is 10.9 Å². The lowest BCUT2D eigenvalue weighted by Gasteiger charge is -2.25. The maximum absolute atomic E-state index is 8.92. The fraction of sp³-hybridized carbons (Fsp3) is 0.750. The highest BCUT2D eigenvalue weighted by Crippen LogP contribution is 2.10. The molecule has 0 aliphatic carbocycles. The van der Waals surface area contributed by atoms with Crippen LogP contribution in [0.1, 0.15) is 45.7 Å². The molecule has 0 amide bonds. The van der Waals surface area contributed by atoms with Crippen molar-refractivity contribution in [3.63, 3.8) is 0 Å². The van der Waals surface area contributed by atoms with Crippen LogP contribution in [-0.4, -0.2) is 27.0 Å². The number of aliphatic hydroxyl groups is 1. The number of aromatic nitrogens is 2. The van der Waals surface area contributed by atoms with Crippen LogP contribution in [0.25, 0.3) is 0 Å². The van der Waals surface area contributed by atoms with Gasteiger partial charge in [0, 0.05) is 36.5 Å². The molecular weight excluding hydrogens is 202 g/mol. The smallest absolute Gasteiger partial charge is 0.0534 e. The van der Waals surface area contributed by atoms with Crippen LogP contribution >= 0.6 is 0 Å². The molecule has 16 heavy (non-hydrogen) atoms. The second-order valence-corrected chi connectivity index (χ2v) is 5.13. The Hall–Kier alpha value is -0.870. The van der Waals surface area contributed by atoms with E-state index in [-0.39, 0.29) is 12.1 Å². The molecule has 4 heteroatoms. The number of hydrogen-bond acceptors (Lipinski definition) is 3. The van der Waals surface area contributed by atoms with Crippen LogP contribution in [0.15, 0.2) is 12.4 Å². The Morgan fingerprint density at radius 2 is 2.19 bits per heavy atom. The maximum atomic E-state index is 8.92. The van der Waals surface area contributed by atoms with Gasteiger partial charge in [-0.3, -0.25) is 4.68 Å². The predicted octanol–water partition coefficient (Wildman–Crippen LogP) is 1.71. The Kier molecular flexibility index (Phi) is 4.50. The Bertz CT molecular complexity index is 318. The number of nitrogens with zero attached hydrogens (tertiary/aromatic N) is 2. The third-order valence-corrected chi connectivity index (χ3v) is 2.69. The minimum atomic E-state index is -0.0331. The summed E-state index contributed by atoms with van der Waals surface area (Å²) in [5, 5.41) is 16.6. The van der Waals surface area contributed by atoms with E-state index in [4.69, 9.17) is 5.11 Å². The second-order valence-electron chi connectivity index (χ2n) is 5.13. The number of hydrogen-bond donors (Lipinski definition) is 2. The first-order valence-corrected chi connectivity index (χ1v) is 5.83. The molecule has 0 saturated carbocycles. The maximum Gasteiger partial charge on any atom is 0.0534 e. The molecule has 0 spiro atoms. The molecule has 4 nitrogen and oxygen atoms in total. The van der Waals surface area contributed by atoms with Gasteiger partial charge < -0.3 is 10.4 Å². The zero-order chi connectivity index (χ0) is 12.2. The SMILES string of the molecule is CC(C)n1cc(CNC(C)(C)CCO)cn1. The van der Waals surface area contributed by atoms with Crippen LogP contribution in [0, 0.1) is 0 Å². The van der Waals surface area contributed by atoms with E-state index >= 15 is 0 Å². The first-order chi connectivity index (χ1) is 7.44. The van der Waals surface area contributed by atoms with Crippen molar-refractivity contribution in [1.29, 1.82) is 0 Å². The van der Waals surface area contributed by atoms with E-state index < -0.39 is 0 Å². The van der Waals surface area contributed by atoms with E-state index in [0.717, 1.165) is 13.0 Å². The van der Waals surface area contributed by atoms with Crippen LogP contribution in [0.3, 0.4) is 0 Å². The molecule has 0 aliphatic heterocycles. The Morgan fingerprint density at radius 1 is 1.50 bits per heavy atom. The van der Waals surface area contributed by atoms with E-state index in [1.54, 1.807) is 0 Å². The summed E-state index contributed by atoms with van der Waals surface area (Å²) >= 11 is 0. The van der Waals surface area contributed by atoms with Gasteiger partial charge in [0.05, 0.1) is 6.20 Å². The van der Waals surface area contributed by atoms with Crippen molar-refractivity contribution in [1.82, 2.24) is 15.1 Å². The summed E-state index contributed by atoms with van der Waals surface area (Å²) in [6, 6.07) is 0.402. The van der Waals surface area contributed by atoms with Gasteiger partial charge in [0.2, 0.25) is 0 Å². The van der Waals surface area contributed by atoms with Crippen LogP contribution < -0.4 is 5.32 Å². The Balaban J connectivity index is 2.48. The molecule has 0 bridgehead atoms. The Labute approximate surface area is 97.7 Å². The molecular formula is C12H23N3O. The highest BCUT2D eigenvalue weighted by atomic mass is 16.3.